The Balaban J connectivity index is 1.75. The zero-order valence-electron chi connectivity index (χ0n) is 14.9. The summed E-state index contributed by atoms with van der Waals surface area (Å²) in [6.45, 7) is 3.99. The quantitative estimate of drug-likeness (QED) is 0.500. The lowest BCUT2D eigenvalue weighted by Gasteiger charge is -2.07. The van der Waals surface area contributed by atoms with E-state index in [1.54, 1.807) is 7.11 Å². The van der Waals surface area contributed by atoms with Crippen LogP contribution in [0.4, 0.5) is 0 Å². The van der Waals surface area contributed by atoms with E-state index in [2.05, 4.69) is 27.1 Å². The Hall–Kier alpha value is -2.61. The SMILES string of the molecule is CCCc1cc(=O)[nH]c(S[C@@H](C)c2nnc(-c3ccc(OC)cc3)o2)n1. The van der Waals surface area contributed by atoms with E-state index in [4.69, 9.17) is 9.15 Å². The van der Waals surface area contributed by atoms with Crippen LogP contribution < -0.4 is 10.3 Å². The molecule has 0 saturated carbocycles. The number of aromatic amines is 1. The molecule has 0 bridgehead atoms. The molecule has 1 atom stereocenters. The minimum atomic E-state index is -0.150. The van der Waals surface area contributed by atoms with Gasteiger partial charge in [-0.2, -0.15) is 0 Å². The van der Waals surface area contributed by atoms with E-state index in [1.165, 1.54) is 17.8 Å². The zero-order valence-corrected chi connectivity index (χ0v) is 15.7. The first-order valence-corrected chi connectivity index (χ1v) is 9.21. The molecule has 0 amide bonds. The standard InChI is InChI=1S/C18H20N4O3S/c1-4-5-13-10-15(23)20-18(19-13)26-11(2)16-21-22-17(25-16)12-6-8-14(24-3)9-7-12/h6-11H,4-5H2,1-3H3,(H,19,20,23)/t11-/m0/s1. The van der Waals surface area contributed by atoms with Crippen LogP contribution >= 0.6 is 11.8 Å². The third kappa shape index (κ3) is 4.32. The number of aromatic nitrogens is 4. The highest BCUT2D eigenvalue weighted by atomic mass is 32.2. The Morgan fingerprint density at radius 2 is 2.04 bits per heavy atom. The largest absolute Gasteiger partial charge is 0.497 e. The van der Waals surface area contributed by atoms with E-state index in [0.717, 1.165) is 29.8 Å². The Labute approximate surface area is 155 Å². The first kappa shape index (κ1) is 18.2. The maximum absolute atomic E-state index is 11.8. The first-order chi connectivity index (χ1) is 12.6. The van der Waals surface area contributed by atoms with Gasteiger partial charge in [0, 0.05) is 17.3 Å². The van der Waals surface area contributed by atoms with E-state index < -0.39 is 0 Å². The van der Waals surface area contributed by atoms with Crippen molar-refractivity contribution in [1.82, 2.24) is 20.2 Å². The molecule has 1 N–H and O–H groups in total. The van der Waals surface area contributed by atoms with Crippen LogP contribution in [0, 0.1) is 0 Å². The van der Waals surface area contributed by atoms with Gasteiger partial charge in [-0.05, 0) is 37.6 Å². The number of aryl methyl sites for hydroxylation is 1. The second-order valence-electron chi connectivity index (χ2n) is 5.73. The van der Waals surface area contributed by atoms with Gasteiger partial charge in [0.05, 0.1) is 12.4 Å². The van der Waals surface area contributed by atoms with E-state index in [1.807, 2.05) is 31.2 Å². The summed E-state index contributed by atoms with van der Waals surface area (Å²) < 4.78 is 10.9. The minimum absolute atomic E-state index is 0.144. The fourth-order valence-corrected chi connectivity index (χ4v) is 3.25. The van der Waals surface area contributed by atoms with Crippen LogP contribution in [0.15, 0.2) is 44.7 Å². The minimum Gasteiger partial charge on any atom is -0.497 e. The highest BCUT2D eigenvalue weighted by Crippen LogP contribution is 2.33. The van der Waals surface area contributed by atoms with Gasteiger partial charge >= 0.3 is 0 Å². The molecule has 0 aliphatic heterocycles. The summed E-state index contributed by atoms with van der Waals surface area (Å²) in [6, 6.07) is 8.94. The molecule has 3 rings (SSSR count). The summed E-state index contributed by atoms with van der Waals surface area (Å²) in [5, 5.41) is 8.64. The van der Waals surface area contributed by atoms with Crippen molar-refractivity contribution in [1.29, 1.82) is 0 Å². The number of benzene rings is 1. The lowest BCUT2D eigenvalue weighted by Crippen LogP contribution is -2.10. The Morgan fingerprint density at radius 3 is 2.73 bits per heavy atom. The van der Waals surface area contributed by atoms with Gasteiger partial charge in [-0.1, -0.05) is 25.1 Å². The number of rotatable bonds is 7. The van der Waals surface area contributed by atoms with Crippen LogP contribution in [0.2, 0.25) is 0 Å². The van der Waals surface area contributed by atoms with Gasteiger partial charge in [0.25, 0.3) is 5.56 Å². The smallest absolute Gasteiger partial charge is 0.251 e. The van der Waals surface area contributed by atoms with Gasteiger partial charge in [-0.3, -0.25) is 4.79 Å². The van der Waals surface area contributed by atoms with E-state index >= 15 is 0 Å². The maximum Gasteiger partial charge on any atom is 0.251 e. The predicted octanol–water partition coefficient (Wildman–Crippen LogP) is 3.63. The normalized spacial score (nSPS) is 12.1. The highest BCUT2D eigenvalue weighted by molar-refractivity contribution is 7.99. The fourth-order valence-electron chi connectivity index (χ4n) is 2.39. The molecular weight excluding hydrogens is 352 g/mol. The number of methoxy groups -OCH3 is 1. The van der Waals surface area contributed by atoms with Crippen LogP contribution in [0.1, 0.15) is 37.1 Å². The number of thioether (sulfide) groups is 1. The van der Waals surface area contributed by atoms with Crippen molar-refractivity contribution in [3.8, 4) is 17.2 Å². The van der Waals surface area contributed by atoms with Crippen LogP contribution in [0.5, 0.6) is 5.75 Å². The average Bonchev–Trinajstić information content (AvgIpc) is 3.12. The molecule has 3 aromatic rings. The lowest BCUT2D eigenvalue weighted by molar-refractivity contribution is 0.415. The predicted molar refractivity (Wildman–Crippen MR) is 99.4 cm³/mol. The number of nitrogens with one attached hydrogen (secondary N) is 1. The molecular formula is C18H20N4O3S. The molecule has 0 unspecified atom stereocenters. The molecule has 0 aliphatic carbocycles. The lowest BCUT2D eigenvalue weighted by atomic mass is 10.2. The Bertz CT molecular complexity index is 921. The first-order valence-electron chi connectivity index (χ1n) is 8.33. The van der Waals surface area contributed by atoms with Gasteiger partial charge in [0.1, 0.15) is 5.75 Å². The third-order valence-corrected chi connectivity index (χ3v) is 4.66. The van der Waals surface area contributed by atoms with E-state index in [0.29, 0.717) is 16.9 Å². The third-order valence-electron chi connectivity index (χ3n) is 3.69. The van der Waals surface area contributed by atoms with Crippen LogP contribution in [0.25, 0.3) is 11.5 Å². The van der Waals surface area contributed by atoms with Crippen molar-refractivity contribution in [3.05, 3.63) is 52.3 Å². The molecule has 2 heterocycles. The molecule has 0 saturated heterocycles. The van der Waals surface area contributed by atoms with Crippen molar-refractivity contribution in [2.24, 2.45) is 0 Å². The molecule has 8 heteroatoms. The van der Waals surface area contributed by atoms with Gasteiger partial charge in [-0.25, -0.2) is 4.98 Å². The van der Waals surface area contributed by atoms with Crippen LogP contribution in [0.3, 0.4) is 0 Å². The topological polar surface area (TPSA) is 93.9 Å². The molecule has 136 valence electrons. The van der Waals surface area contributed by atoms with Gasteiger partial charge in [0.2, 0.25) is 11.8 Å². The summed E-state index contributed by atoms with van der Waals surface area (Å²) in [7, 11) is 1.62. The molecule has 0 radical (unpaired) electrons. The summed E-state index contributed by atoms with van der Waals surface area (Å²) >= 11 is 1.38. The molecule has 26 heavy (non-hydrogen) atoms. The van der Waals surface area contributed by atoms with Crippen LogP contribution in [-0.4, -0.2) is 27.3 Å². The Morgan fingerprint density at radius 1 is 1.27 bits per heavy atom. The van der Waals surface area contributed by atoms with Gasteiger partial charge in [0.15, 0.2) is 5.16 Å². The van der Waals surface area contributed by atoms with E-state index in [-0.39, 0.29) is 10.8 Å². The van der Waals surface area contributed by atoms with Crippen molar-refractivity contribution < 1.29 is 9.15 Å². The van der Waals surface area contributed by atoms with Crippen molar-refractivity contribution >= 4 is 11.8 Å². The number of H-pyrrole nitrogens is 1. The second kappa shape index (κ2) is 8.18. The number of nitrogens with zero attached hydrogens (tertiary/aromatic N) is 3. The summed E-state index contributed by atoms with van der Waals surface area (Å²) in [6.07, 6.45) is 1.71. The number of ether oxygens (including phenoxy) is 1. The summed E-state index contributed by atoms with van der Waals surface area (Å²) in [4.78, 5) is 19.0. The average molecular weight is 372 g/mol. The highest BCUT2D eigenvalue weighted by Gasteiger charge is 2.18. The zero-order chi connectivity index (χ0) is 18.5. The molecule has 1 aromatic carbocycles. The van der Waals surface area contributed by atoms with Crippen molar-refractivity contribution in [2.45, 2.75) is 37.1 Å². The number of hydrogen-bond acceptors (Lipinski definition) is 7. The van der Waals surface area contributed by atoms with Crippen LogP contribution in [-0.2, 0) is 6.42 Å². The monoisotopic (exact) mass is 372 g/mol. The summed E-state index contributed by atoms with van der Waals surface area (Å²) in [5.74, 6) is 1.68. The van der Waals surface area contributed by atoms with Crippen molar-refractivity contribution in [3.63, 3.8) is 0 Å². The molecule has 0 spiro atoms. The molecule has 0 aliphatic rings. The van der Waals surface area contributed by atoms with Gasteiger partial charge < -0.3 is 14.1 Å². The molecule has 2 aromatic heterocycles. The fraction of sp³-hybridized carbons (Fsp3) is 0.333. The van der Waals surface area contributed by atoms with Crippen molar-refractivity contribution in [2.75, 3.05) is 7.11 Å². The second-order valence-corrected chi connectivity index (χ2v) is 7.06. The van der Waals surface area contributed by atoms with Gasteiger partial charge in [-0.15, -0.1) is 10.2 Å². The Kier molecular flexibility index (Phi) is 5.72. The summed E-state index contributed by atoms with van der Waals surface area (Å²) in [5.41, 5.74) is 1.45. The molecule has 0 fully saturated rings. The molecule has 7 nitrogen and oxygen atoms in total. The number of hydrogen-bond donors (Lipinski definition) is 1. The van der Waals surface area contributed by atoms with E-state index in [9.17, 15) is 4.79 Å². The maximum atomic E-state index is 11.8.